The maximum Gasteiger partial charge on any atom is 0.242 e. The Bertz CT molecular complexity index is 738. The molecule has 2 rings (SSSR count). The third-order valence-corrected chi connectivity index (χ3v) is 5.41. The lowest BCUT2D eigenvalue weighted by Crippen LogP contribution is -2.42. The van der Waals surface area contributed by atoms with Crippen molar-refractivity contribution in [2.75, 3.05) is 24.3 Å². The van der Waals surface area contributed by atoms with Crippen LogP contribution in [-0.4, -0.2) is 42.7 Å². The summed E-state index contributed by atoms with van der Waals surface area (Å²) in [5.41, 5.74) is 5.79. The summed E-state index contributed by atoms with van der Waals surface area (Å²) in [6, 6.07) is 5.04. The number of nitrogen functional groups attached to an aromatic ring is 1. The van der Waals surface area contributed by atoms with Gasteiger partial charge in [-0.05, 0) is 31.4 Å². The van der Waals surface area contributed by atoms with E-state index >= 15 is 0 Å². The van der Waals surface area contributed by atoms with Crippen LogP contribution in [0.4, 0.5) is 5.69 Å². The minimum Gasteiger partial charge on any atom is -0.399 e. The van der Waals surface area contributed by atoms with E-state index in [0.717, 1.165) is 0 Å². The number of aromatic nitrogens is 1. The third kappa shape index (κ3) is 3.70. The Kier molecular flexibility index (Phi) is 4.52. The first-order valence-electron chi connectivity index (χ1n) is 6.33. The number of H-pyrrole nitrogens is 1. The van der Waals surface area contributed by atoms with E-state index in [1.807, 2.05) is 6.26 Å². The molecule has 0 aliphatic carbocycles. The van der Waals surface area contributed by atoms with Gasteiger partial charge in [-0.1, -0.05) is 0 Å². The molecule has 1 aromatic carbocycles. The van der Waals surface area contributed by atoms with Gasteiger partial charge in [0.05, 0.1) is 5.60 Å². The normalized spacial score (nSPS) is 15.2. The maximum absolute atomic E-state index is 12.4. The molecule has 0 spiro atoms. The Balaban J connectivity index is 2.28. The van der Waals surface area contributed by atoms with Crippen molar-refractivity contribution in [1.82, 2.24) is 9.71 Å². The second kappa shape index (κ2) is 5.88. The first kappa shape index (κ1) is 16.2. The predicted molar refractivity (Wildman–Crippen MR) is 86.9 cm³/mol. The lowest BCUT2D eigenvalue weighted by Gasteiger charge is -2.22. The van der Waals surface area contributed by atoms with Crippen molar-refractivity contribution in [2.45, 2.75) is 17.4 Å². The number of aromatic amines is 1. The maximum atomic E-state index is 12.4. The fourth-order valence-electron chi connectivity index (χ4n) is 2.03. The highest BCUT2D eigenvalue weighted by atomic mass is 32.2. The number of anilines is 1. The molecule has 1 aromatic heterocycles. The summed E-state index contributed by atoms with van der Waals surface area (Å²) in [5, 5.41) is 10.6. The number of benzene rings is 1. The molecule has 1 atom stereocenters. The van der Waals surface area contributed by atoms with Crippen LogP contribution in [-0.2, 0) is 10.0 Å². The molecule has 0 saturated heterocycles. The molecule has 0 fully saturated rings. The van der Waals surface area contributed by atoms with Gasteiger partial charge in [0.15, 0.2) is 0 Å². The van der Waals surface area contributed by atoms with Gasteiger partial charge in [-0.25, -0.2) is 13.1 Å². The Labute approximate surface area is 128 Å². The highest BCUT2D eigenvalue weighted by molar-refractivity contribution is 7.98. The second-order valence-corrected chi connectivity index (χ2v) is 7.81. The number of aliphatic hydroxyl groups is 1. The van der Waals surface area contributed by atoms with Gasteiger partial charge in [0.2, 0.25) is 10.0 Å². The van der Waals surface area contributed by atoms with Crippen LogP contribution in [0.1, 0.15) is 6.92 Å². The van der Waals surface area contributed by atoms with Crippen LogP contribution in [0.2, 0.25) is 0 Å². The molecule has 0 aliphatic rings. The van der Waals surface area contributed by atoms with Crippen LogP contribution in [0.25, 0.3) is 10.9 Å². The van der Waals surface area contributed by atoms with Crippen LogP contribution in [0, 0.1) is 0 Å². The van der Waals surface area contributed by atoms with Crippen molar-refractivity contribution in [3.8, 4) is 0 Å². The average molecular weight is 329 g/mol. The number of hydrogen-bond donors (Lipinski definition) is 4. The topological polar surface area (TPSA) is 108 Å². The smallest absolute Gasteiger partial charge is 0.242 e. The summed E-state index contributed by atoms with van der Waals surface area (Å²) in [6.07, 6.45) is 3.28. The number of rotatable bonds is 6. The van der Waals surface area contributed by atoms with Crippen molar-refractivity contribution in [3.05, 3.63) is 24.4 Å². The van der Waals surface area contributed by atoms with Crippen LogP contribution >= 0.6 is 11.8 Å². The molecule has 1 heterocycles. The monoisotopic (exact) mass is 329 g/mol. The fraction of sp³-hybridized carbons (Fsp3) is 0.385. The van der Waals surface area contributed by atoms with Gasteiger partial charge in [0.25, 0.3) is 0 Å². The quantitative estimate of drug-likeness (QED) is 0.594. The number of nitrogens with one attached hydrogen (secondary N) is 2. The first-order chi connectivity index (χ1) is 9.75. The third-order valence-electron chi connectivity index (χ3n) is 3.06. The van der Waals surface area contributed by atoms with Gasteiger partial charge < -0.3 is 15.8 Å². The van der Waals surface area contributed by atoms with Crippen molar-refractivity contribution in [1.29, 1.82) is 0 Å². The van der Waals surface area contributed by atoms with Crippen LogP contribution in [0.3, 0.4) is 0 Å². The molecule has 8 heteroatoms. The molecule has 116 valence electrons. The van der Waals surface area contributed by atoms with Gasteiger partial charge in [0, 0.05) is 35.1 Å². The van der Waals surface area contributed by atoms with E-state index < -0.39 is 15.6 Å². The molecule has 0 aliphatic heterocycles. The lowest BCUT2D eigenvalue weighted by atomic mass is 10.1. The van der Waals surface area contributed by atoms with Crippen LogP contribution < -0.4 is 10.5 Å². The van der Waals surface area contributed by atoms with Crippen LogP contribution in [0.15, 0.2) is 29.3 Å². The van der Waals surface area contributed by atoms with Crippen molar-refractivity contribution in [2.24, 2.45) is 0 Å². The Hall–Kier alpha value is -1.22. The largest absolute Gasteiger partial charge is 0.399 e. The Morgan fingerprint density at radius 3 is 2.86 bits per heavy atom. The summed E-state index contributed by atoms with van der Waals surface area (Å²) >= 11 is 1.45. The van der Waals surface area contributed by atoms with Crippen molar-refractivity contribution < 1.29 is 13.5 Å². The first-order valence-corrected chi connectivity index (χ1v) is 9.20. The average Bonchev–Trinajstić information content (AvgIpc) is 2.80. The number of hydrogen-bond acceptors (Lipinski definition) is 5. The van der Waals surface area contributed by atoms with Crippen molar-refractivity contribution >= 4 is 38.4 Å². The van der Waals surface area contributed by atoms with E-state index in [0.29, 0.717) is 22.3 Å². The molecule has 0 amide bonds. The second-order valence-electron chi connectivity index (χ2n) is 5.21. The minimum atomic E-state index is -3.72. The zero-order chi connectivity index (χ0) is 15.7. The van der Waals surface area contributed by atoms with E-state index in [2.05, 4.69) is 9.71 Å². The molecule has 6 nitrogen and oxygen atoms in total. The molecule has 0 saturated carbocycles. The van der Waals surface area contributed by atoms with Gasteiger partial charge in [-0.2, -0.15) is 11.8 Å². The predicted octanol–water partition coefficient (Wildman–Crippen LogP) is 1.14. The molecule has 0 radical (unpaired) electrons. The molecule has 5 N–H and O–H groups in total. The summed E-state index contributed by atoms with van der Waals surface area (Å²) in [4.78, 5) is 3.03. The fourth-order valence-corrected chi connectivity index (χ4v) is 4.08. The highest BCUT2D eigenvalue weighted by Crippen LogP contribution is 2.24. The number of fused-ring (bicyclic) bond motifs is 1. The summed E-state index contributed by atoms with van der Waals surface area (Å²) in [7, 11) is -3.72. The van der Waals surface area contributed by atoms with E-state index in [4.69, 9.17) is 5.73 Å². The number of sulfonamides is 1. The van der Waals surface area contributed by atoms with E-state index in [-0.39, 0.29) is 11.4 Å². The zero-order valence-corrected chi connectivity index (χ0v) is 13.5. The van der Waals surface area contributed by atoms with Crippen molar-refractivity contribution in [3.63, 3.8) is 0 Å². The van der Waals surface area contributed by atoms with E-state index in [9.17, 15) is 13.5 Å². The molecule has 21 heavy (non-hydrogen) atoms. The van der Waals surface area contributed by atoms with E-state index in [1.165, 1.54) is 18.0 Å². The van der Waals surface area contributed by atoms with Gasteiger partial charge in [-0.15, -0.1) is 0 Å². The zero-order valence-electron chi connectivity index (χ0n) is 11.9. The summed E-state index contributed by atoms with van der Waals surface area (Å²) in [6.45, 7) is 1.55. The minimum absolute atomic E-state index is 0.0504. The molecule has 1 unspecified atom stereocenters. The SMILES string of the molecule is CSCC(C)(O)CNS(=O)(=O)c1c[nH]c2ccc(N)cc12. The molecule has 2 aromatic rings. The number of thioether (sulfide) groups is 1. The Morgan fingerprint density at radius 2 is 2.19 bits per heavy atom. The highest BCUT2D eigenvalue weighted by Gasteiger charge is 2.25. The lowest BCUT2D eigenvalue weighted by molar-refractivity contribution is 0.0909. The summed E-state index contributed by atoms with van der Waals surface area (Å²) in [5.74, 6) is 0.441. The molecular weight excluding hydrogens is 310 g/mol. The number of nitrogens with two attached hydrogens (primary N) is 1. The summed E-state index contributed by atoms with van der Waals surface area (Å²) < 4.78 is 27.2. The molecule has 0 bridgehead atoms. The molecular formula is C13H19N3O3S2. The Morgan fingerprint density at radius 1 is 1.48 bits per heavy atom. The van der Waals surface area contributed by atoms with Gasteiger partial charge in [0.1, 0.15) is 4.90 Å². The standard InChI is InChI=1S/C13H19N3O3S2/c1-13(17,8-20-2)7-16-21(18,19)12-6-15-11-4-3-9(14)5-10(11)12/h3-6,15-17H,7-8,14H2,1-2H3. The van der Waals surface area contributed by atoms with Crippen LogP contribution in [0.5, 0.6) is 0 Å². The van der Waals surface area contributed by atoms with Gasteiger partial charge >= 0.3 is 0 Å². The van der Waals surface area contributed by atoms with E-state index in [1.54, 1.807) is 25.1 Å². The van der Waals surface area contributed by atoms with Gasteiger partial charge in [-0.3, -0.25) is 0 Å².